The largest absolute Gasteiger partial charge is 0.457 e. The van der Waals surface area contributed by atoms with Crippen molar-refractivity contribution >= 4 is 10.9 Å². The Morgan fingerprint density at radius 2 is 1.97 bits per heavy atom. The van der Waals surface area contributed by atoms with Crippen molar-refractivity contribution in [2.24, 2.45) is 7.05 Å². The first kappa shape index (κ1) is 19.5. The molecule has 0 saturated heterocycles. The van der Waals surface area contributed by atoms with E-state index >= 15 is 0 Å². The van der Waals surface area contributed by atoms with Gasteiger partial charge in [0.05, 0.1) is 23.9 Å². The molecule has 7 nitrogen and oxygen atoms in total. The van der Waals surface area contributed by atoms with Crippen molar-refractivity contribution in [3.8, 4) is 28.8 Å². The molecule has 8 heteroatoms. The number of fused-ring (bicyclic) bond motifs is 1. The molecule has 2 aromatic heterocycles. The molecule has 0 aliphatic carbocycles. The predicted molar refractivity (Wildman–Crippen MR) is 107 cm³/mol. The molecule has 0 aliphatic heterocycles. The molecule has 0 saturated carbocycles. The molecule has 0 spiro atoms. The molecule has 4 aromatic rings. The standard InChI is InChI=1S/C22H17FN4O3/c1-27-22-17(11-25-27)21(7-6-18(22)23)30-16-4-2-13(3-5-16)19-9-14(20(29)12-28)8-15(10-24)26-19/h2-9,11,20,28-29H,12H2,1H3/t20-/m0/s1. The van der Waals surface area contributed by atoms with Crippen LogP contribution in [0.15, 0.2) is 54.7 Å². The minimum atomic E-state index is -1.10. The third kappa shape index (κ3) is 3.59. The lowest BCUT2D eigenvalue weighted by Gasteiger charge is -2.11. The summed E-state index contributed by atoms with van der Waals surface area (Å²) < 4.78 is 21.4. The van der Waals surface area contributed by atoms with Gasteiger partial charge in [0, 0.05) is 12.6 Å². The second-order valence-corrected chi connectivity index (χ2v) is 6.68. The first-order valence-corrected chi connectivity index (χ1v) is 9.09. The van der Waals surface area contributed by atoms with Gasteiger partial charge < -0.3 is 14.9 Å². The van der Waals surface area contributed by atoms with Gasteiger partial charge in [-0.3, -0.25) is 4.68 Å². The molecule has 1 atom stereocenters. The van der Waals surface area contributed by atoms with Crippen LogP contribution >= 0.6 is 0 Å². The Balaban J connectivity index is 1.65. The number of rotatable bonds is 5. The van der Waals surface area contributed by atoms with Crippen molar-refractivity contribution in [2.75, 3.05) is 6.61 Å². The fourth-order valence-corrected chi connectivity index (χ4v) is 3.18. The normalized spacial score (nSPS) is 12.0. The van der Waals surface area contributed by atoms with E-state index in [1.54, 1.807) is 49.6 Å². The van der Waals surface area contributed by atoms with Crippen LogP contribution in [0.1, 0.15) is 17.4 Å². The maximum atomic E-state index is 14.0. The van der Waals surface area contributed by atoms with Crippen LogP contribution in [0, 0.1) is 17.1 Å². The average Bonchev–Trinajstić information content (AvgIpc) is 3.18. The van der Waals surface area contributed by atoms with Crippen molar-refractivity contribution < 1.29 is 19.3 Å². The van der Waals surface area contributed by atoms with Crippen molar-refractivity contribution in [3.63, 3.8) is 0 Å². The van der Waals surface area contributed by atoms with Crippen LogP contribution in [-0.4, -0.2) is 31.6 Å². The van der Waals surface area contributed by atoms with E-state index in [4.69, 9.17) is 4.74 Å². The van der Waals surface area contributed by atoms with Crippen molar-refractivity contribution in [3.05, 3.63) is 71.8 Å². The number of aryl methyl sites for hydroxylation is 1. The van der Waals surface area contributed by atoms with Gasteiger partial charge in [-0.15, -0.1) is 0 Å². The number of hydrogen-bond acceptors (Lipinski definition) is 6. The van der Waals surface area contributed by atoms with Crippen LogP contribution in [0.3, 0.4) is 0 Å². The zero-order chi connectivity index (χ0) is 21.3. The molecule has 150 valence electrons. The quantitative estimate of drug-likeness (QED) is 0.528. The molecule has 0 amide bonds. The van der Waals surface area contributed by atoms with Crippen molar-refractivity contribution in [1.29, 1.82) is 5.26 Å². The summed E-state index contributed by atoms with van der Waals surface area (Å²) in [6.07, 6.45) is 0.453. The highest BCUT2D eigenvalue weighted by atomic mass is 19.1. The number of halogens is 1. The Kier molecular flexibility index (Phi) is 5.14. The van der Waals surface area contributed by atoms with E-state index in [1.165, 1.54) is 16.8 Å². The first-order chi connectivity index (χ1) is 14.5. The monoisotopic (exact) mass is 404 g/mol. The Hall–Kier alpha value is -3.80. The van der Waals surface area contributed by atoms with Gasteiger partial charge in [0.1, 0.15) is 40.7 Å². The molecule has 0 unspecified atom stereocenters. The molecule has 0 fully saturated rings. The molecule has 2 heterocycles. The molecule has 0 bridgehead atoms. The summed E-state index contributed by atoms with van der Waals surface area (Å²) >= 11 is 0. The van der Waals surface area contributed by atoms with E-state index in [1.807, 2.05) is 6.07 Å². The molecule has 2 aromatic carbocycles. The van der Waals surface area contributed by atoms with Gasteiger partial charge >= 0.3 is 0 Å². The minimum Gasteiger partial charge on any atom is -0.457 e. The van der Waals surface area contributed by atoms with Gasteiger partial charge in [0.2, 0.25) is 0 Å². The first-order valence-electron chi connectivity index (χ1n) is 9.09. The summed E-state index contributed by atoms with van der Waals surface area (Å²) in [5.41, 5.74) is 2.10. The van der Waals surface area contributed by atoms with E-state index < -0.39 is 12.7 Å². The van der Waals surface area contributed by atoms with Crippen LogP contribution in [0.25, 0.3) is 22.2 Å². The second kappa shape index (κ2) is 7.91. The highest BCUT2D eigenvalue weighted by Crippen LogP contribution is 2.32. The fourth-order valence-electron chi connectivity index (χ4n) is 3.18. The number of benzene rings is 2. The summed E-state index contributed by atoms with van der Waals surface area (Å²) in [7, 11) is 1.66. The number of hydrogen-bond donors (Lipinski definition) is 2. The van der Waals surface area contributed by atoms with Gasteiger partial charge in [0.25, 0.3) is 0 Å². The number of aliphatic hydroxyl groups is 2. The zero-order valence-electron chi connectivity index (χ0n) is 16.0. The summed E-state index contributed by atoms with van der Waals surface area (Å²) in [5.74, 6) is 0.629. The third-order valence-electron chi connectivity index (χ3n) is 4.71. The average molecular weight is 404 g/mol. The number of ether oxygens (including phenoxy) is 1. The van der Waals surface area contributed by atoms with Gasteiger partial charge in [-0.25, -0.2) is 9.37 Å². The topological polar surface area (TPSA) is 104 Å². The second-order valence-electron chi connectivity index (χ2n) is 6.68. The van der Waals surface area contributed by atoms with Crippen LogP contribution in [0.2, 0.25) is 0 Å². The SMILES string of the molecule is Cn1ncc2c(Oc3ccc(-c4cc([C@@H](O)CO)cc(C#N)n4)cc3)ccc(F)c21. The molecule has 2 N–H and O–H groups in total. The van der Waals surface area contributed by atoms with Crippen LogP contribution < -0.4 is 4.74 Å². The summed E-state index contributed by atoms with van der Waals surface area (Å²) in [4.78, 5) is 4.26. The maximum absolute atomic E-state index is 14.0. The zero-order valence-corrected chi connectivity index (χ0v) is 16.0. The molecule has 4 rings (SSSR count). The lowest BCUT2D eigenvalue weighted by atomic mass is 10.0. The minimum absolute atomic E-state index is 0.139. The Morgan fingerprint density at radius 1 is 1.20 bits per heavy atom. The van der Waals surface area contributed by atoms with Gasteiger partial charge in [-0.05, 0) is 54.1 Å². The highest BCUT2D eigenvalue weighted by Gasteiger charge is 2.14. The van der Waals surface area contributed by atoms with Gasteiger partial charge in [-0.2, -0.15) is 10.4 Å². The Bertz CT molecular complexity index is 1260. The van der Waals surface area contributed by atoms with Crippen molar-refractivity contribution in [1.82, 2.24) is 14.8 Å². The number of aromatic nitrogens is 3. The smallest absolute Gasteiger partial charge is 0.149 e. The van der Waals surface area contributed by atoms with E-state index in [0.29, 0.717) is 39.2 Å². The predicted octanol–water partition coefficient (Wildman–Crippen LogP) is 3.46. The lowest BCUT2D eigenvalue weighted by Crippen LogP contribution is -2.04. The van der Waals surface area contributed by atoms with Crippen LogP contribution in [-0.2, 0) is 7.05 Å². The fraction of sp³-hybridized carbons (Fsp3) is 0.136. The van der Waals surface area contributed by atoms with E-state index in [0.717, 1.165) is 0 Å². The Labute approximate surface area is 171 Å². The maximum Gasteiger partial charge on any atom is 0.149 e. The summed E-state index contributed by atoms with van der Waals surface area (Å²) in [6, 6.07) is 14.9. The number of nitriles is 1. The summed E-state index contributed by atoms with van der Waals surface area (Å²) in [6.45, 7) is -0.457. The van der Waals surface area contributed by atoms with Crippen LogP contribution in [0.4, 0.5) is 4.39 Å². The van der Waals surface area contributed by atoms with E-state index in [-0.39, 0.29) is 11.5 Å². The van der Waals surface area contributed by atoms with E-state index in [9.17, 15) is 19.9 Å². The number of pyridine rings is 1. The highest BCUT2D eigenvalue weighted by molar-refractivity contribution is 5.86. The van der Waals surface area contributed by atoms with Gasteiger partial charge in [0.15, 0.2) is 0 Å². The summed E-state index contributed by atoms with van der Waals surface area (Å²) in [5, 5.41) is 32.9. The third-order valence-corrected chi connectivity index (χ3v) is 4.71. The number of nitrogens with zero attached hydrogens (tertiary/aromatic N) is 4. The Morgan fingerprint density at radius 3 is 2.67 bits per heavy atom. The van der Waals surface area contributed by atoms with Crippen molar-refractivity contribution in [2.45, 2.75) is 6.10 Å². The molecule has 30 heavy (non-hydrogen) atoms. The molecule has 0 aliphatic rings. The molecule has 0 radical (unpaired) electrons. The molecular formula is C22H17FN4O3. The van der Waals surface area contributed by atoms with Crippen LogP contribution in [0.5, 0.6) is 11.5 Å². The lowest BCUT2D eigenvalue weighted by molar-refractivity contribution is 0.0956. The van der Waals surface area contributed by atoms with E-state index in [2.05, 4.69) is 10.1 Å². The van der Waals surface area contributed by atoms with Gasteiger partial charge in [-0.1, -0.05) is 0 Å². The molecular weight excluding hydrogens is 387 g/mol. The number of aliphatic hydroxyl groups excluding tert-OH is 2.